The molecule has 2 fully saturated rings. The molecule has 4 rings (SSSR count). The highest BCUT2D eigenvalue weighted by molar-refractivity contribution is 5.52. The normalized spacial score (nSPS) is 21.7. The summed E-state index contributed by atoms with van der Waals surface area (Å²) in [6.07, 6.45) is 6.04. The zero-order chi connectivity index (χ0) is 25.8. The first-order valence-corrected chi connectivity index (χ1v) is 13.1. The summed E-state index contributed by atoms with van der Waals surface area (Å²) in [7, 11) is 0. The molecule has 2 aliphatic heterocycles. The van der Waals surface area contributed by atoms with Gasteiger partial charge in [0.1, 0.15) is 0 Å². The van der Waals surface area contributed by atoms with Gasteiger partial charge in [-0.25, -0.2) is 0 Å². The maximum Gasteiger partial charge on any atom is 0.0545 e. The summed E-state index contributed by atoms with van der Waals surface area (Å²) in [5.74, 6) is 0. The quantitative estimate of drug-likeness (QED) is 0.436. The lowest BCUT2D eigenvalue weighted by Crippen LogP contribution is -2.49. The van der Waals surface area contributed by atoms with Crippen molar-refractivity contribution in [1.29, 1.82) is 0 Å². The summed E-state index contributed by atoms with van der Waals surface area (Å²) in [5, 5.41) is 3.50. The van der Waals surface area contributed by atoms with E-state index in [0.717, 1.165) is 26.1 Å². The third-order valence-corrected chi connectivity index (χ3v) is 7.18. The van der Waals surface area contributed by atoms with Crippen LogP contribution in [0.2, 0.25) is 0 Å². The van der Waals surface area contributed by atoms with Gasteiger partial charge >= 0.3 is 0 Å². The number of hydrogen-bond acceptors (Lipinski definition) is 3. The van der Waals surface area contributed by atoms with Gasteiger partial charge in [0.25, 0.3) is 0 Å². The fraction of sp³-hybridized carbons (Fsp3) is 0.438. The van der Waals surface area contributed by atoms with Crippen LogP contribution in [0.5, 0.6) is 0 Å². The molecule has 2 aromatic rings. The van der Waals surface area contributed by atoms with Gasteiger partial charge in [0, 0.05) is 43.1 Å². The van der Waals surface area contributed by atoms with Crippen LogP contribution in [0.3, 0.4) is 0 Å². The number of anilines is 1. The molecule has 0 spiro atoms. The summed E-state index contributed by atoms with van der Waals surface area (Å²) in [4.78, 5) is 5.25. The van der Waals surface area contributed by atoms with Crippen LogP contribution in [-0.4, -0.2) is 36.6 Å². The van der Waals surface area contributed by atoms with Crippen LogP contribution in [0.4, 0.5) is 5.69 Å². The van der Waals surface area contributed by atoms with E-state index < -0.39 is 0 Å². The first-order chi connectivity index (χ1) is 17.0. The van der Waals surface area contributed by atoms with Crippen LogP contribution in [0.1, 0.15) is 61.8 Å². The number of piperazine rings is 1. The molecule has 35 heavy (non-hydrogen) atoms. The third-order valence-electron chi connectivity index (χ3n) is 7.18. The molecule has 1 unspecified atom stereocenters. The lowest BCUT2D eigenvalue weighted by molar-refractivity contribution is 0.214. The zero-order valence-corrected chi connectivity index (χ0v) is 22.4. The highest BCUT2D eigenvalue weighted by Crippen LogP contribution is 2.40. The van der Waals surface area contributed by atoms with Gasteiger partial charge < -0.3 is 15.1 Å². The van der Waals surface area contributed by atoms with Crippen molar-refractivity contribution in [3.63, 3.8) is 0 Å². The Morgan fingerprint density at radius 2 is 1.69 bits per heavy atom. The Kier molecular flexibility index (Phi) is 11.9. The second-order valence-corrected chi connectivity index (χ2v) is 9.61. The van der Waals surface area contributed by atoms with E-state index in [4.69, 9.17) is 0 Å². The van der Waals surface area contributed by atoms with Gasteiger partial charge in [-0.05, 0) is 70.6 Å². The minimum absolute atomic E-state index is 0.452. The van der Waals surface area contributed by atoms with Crippen LogP contribution in [0.15, 0.2) is 87.1 Å². The predicted octanol–water partition coefficient (Wildman–Crippen LogP) is 7.60. The summed E-state index contributed by atoms with van der Waals surface area (Å²) < 4.78 is 0. The summed E-state index contributed by atoms with van der Waals surface area (Å²) in [6.45, 7) is 26.4. The number of piperidine rings is 1. The molecule has 1 N–H and O–H groups in total. The van der Waals surface area contributed by atoms with Crippen LogP contribution < -0.4 is 10.2 Å². The molecule has 0 bridgehead atoms. The van der Waals surface area contributed by atoms with Crippen molar-refractivity contribution < 1.29 is 0 Å². The Morgan fingerprint density at radius 3 is 2.34 bits per heavy atom. The molecule has 0 aliphatic carbocycles. The van der Waals surface area contributed by atoms with E-state index in [0.29, 0.717) is 18.1 Å². The van der Waals surface area contributed by atoms with Gasteiger partial charge in [-0.3, -0.25) is 0 Å². The van der Waals surface area contributed by atoms with E-state index >= 15 is 0 Å². The summed E-state index contributed by atoms with van der Waals surface area (Å²) >= 11 is 0. The van der Waals surface area contributed by atoms with Crippen molar-refractivity contribution in [2.75, 3.05) is 24.5 Å². The van der Waals surface area contributed by atoms with Crippen molar-refractivity contribution in [3.05, 3.63) is 104 Å². The highest BCUT2D eigenvalue weighted by Gasteiger charge is 2.32. The van der Waals surface area contributed by atoms with Gasteiger partial charge in [0.15, 0.2) is 0 Å². The number of allylic oxidation sites excluding steroid dienone is 1. The van der Waals surface area contributed by atoms with Gasteiger partial charge in [-0.15, -0.1) is 26.3 Å². The molecule has 0 radical (unpaired) electrons. The fourth-order valence-corrected chi connectivity index (χ4v) is 5.46. The number of hydrogen-bond donors (Lipinski definition) is 1. The largest absolute Gasteiger partial charge is 0.370 e. The van der Waals surface area contributed by atoms with E-state index in [2.05, 4.69) is 117 Å². The smallest absolute Gasteiger partial charge is 0.0545 e. The average Bonchev–Trinajstić information content (AvgIpc) is 2.90. The summed E-state index contributed by atoms with van der Waals surface area (Å²) in [5.41, 5.74) is 6.81. The first kappa shape index (κ1) is 28.5. The number of benzene rings is 2. The number of nitrogens with one attached hydrogen (secondary N) is 1. The van der Waals surface area contributed by atoms with E-state index in [1.807, 2.05) is 0 Å². The van der Waals surface area contributed by atoms with E-state index in [-0.39, 0.29) is 0 Å². The predicted molar refractivity (Wildman–Crippen MR) is 155 cm³/mol. The standard InChI is InChI=1S/C28H39N3.2C2H4/c1-21-11-14-27(15-12-21)31-26(16-13-23(3)30-18-17-29-20-24(30)4)9-6-10-28(31)25-8-5-7-22(2)19-25;2*1-2/h5,7-8,11-12,14-15,19,24,26,28-29H,3,6,9-10,13,16-18,20H2,1-2,4H3;2*1-2H2/t24?,26-,28+;;/m1../s1. The van der Waals surface area contributed by atoms with E-state index in [1.54, 1.807) is 0 Å². The van der Waals surface area contributed by atoms with Crippen molar-refractivity contribution in [3.8, 4) is 0 Å². The average molecular weight is 474 g/mol. The zero-order valence-electron chi connectivity index (χ0n) is 22.4. The molecular weight excluding hydrogens is 426 g/mol. The molecule has 190 valence electrons. The Labute approximate surface area is 215 Å². The molecule has 3 atom stereocenters. The Bertz CT molecular complexity index is 901. The minimum atomic E-state index is 0.452. The second-order valence-electron chi connectivity index (χ2n) is 9.61. The van der Waals surface area contributed by atoms with Gasteiger partial charge in [-0.1, -0.05) is 54.1 Å². The SMILES string of the molecule is C=C.C=C.C=C(CC[C@H]1CCC[C@@H](c2cccc(C)c2)N1c1ccc(C)cc1)N1CCNCC1C. The maximum absolute atomic E-state index is 4.49. The molecule has 3 nitrogen and oxygen atoms in total. The second kappa shape index (κ2) is 14.6. The molecule has 0 aromatic heterocycles. The Balaban J connectivity index is 0.00000103. The lowest BCUT2D eigenvalue weighted by Gasteiger charge is -2.45. The number of aryl methyl sites for hydroxylation is 2. The molecular formula is C32H47N3. The van der Waals surface area contributed by atoms with Gasteiger partial charge in [0.2, 0.25) is 0 Å². The van der Waals surface area contributed by atoms with Gasteiger partial charge in [-0.2, -0.15) is 0 Å². The van der Waals surface area contributed by atoms with Gasteiger partial charge in [0.05, 0.1) is 6.04 Å². The van der Waals surface area contributed by atoms with Crippen molar-refractivity contribution in [2.24, 2.45) is 0 Å². The molecule has 2 aliphatic rings. The van der Waals surface area contributed by atoms with E-state index in [9.17, 15) is 0 Å². The molecule has 2 saturated heterocycles. The number of rotatable bonds is 6. The monoisotopic (exact) mass is 473 g/mol. The van der Waals surface area contributed by atoms with Crippen LogP contribution >= 0.6 is 0 Å². The lowest BCUT2D eigenvalue weighted by atomic mass is 9.87. The summed E-state index contributed by atoms with van der Waals surface area (Å²) in [6, 6.07) is 19.8. The number of nitrogens with zero attached hydrogens (tertiary/aromatic N) is 2. The van der Waals surface area contributed by atoms with Crippen LogP contribution in [0.25, 0.3) is 0 Å². The topological polar surface area (TPSA) is 18.5 Å². The molecule has 2 aromatic carbocycles. The molecule has 3 heteroatoms. The minimum Gasteiger partial charge on any atom is -0.370 e. The highest BCUT2D eigenvalue weighted by atomic mass is 15.2. The van der Waals surface area contributed by atoms with E-state index in [1.165, 1.54) is 53.8 Å². The Hall–Kier alpha value is -2.78. The third kappa shape index (κ3) is 7.60. The van der Waals surface area contributed by atoms with Crippen molar-refractivity contribution in [2.45, 2.75) is 71.0 Å². The van der Waals surface area contributed by atoms with Crippen LogP contribution in [0, 0.1) is 13.8 Å². The Morgan fingerprint density at radius 1 is 0.971 bits per heavy atom. The van der Waals surface area contributed by atoms with Crippen molar-refractivity contribution in [1.82, 2.24) is 10.2 Å². The maximum atomic E-state index is 4.49. The first-order valence-electron chi connectivity index (χ1n) is 13.1. The molecule has 2 heterocycles. The molecule has 0 saturated carbocycles. The van der Waals surface area contributed by atoms with Crippen LogP contribution in [-0.2, 0) is 0 Å². The molecule has 0 amide bonds. The van der Waals surface area contributed by atoms with Crippen molar-refractivity contribution >= 4 is 5.69 Å². The fourth-order valence-electron chi connectivity index (χ4n) is 5.46.